The molecule has 1 atom stereocenters. The van der Waals surface area contributed by atoms with Crippen molar-refractivity contribution in [2.75, 3.05) is 24.6 Å². The van der Waals surface area contributed by atoms with Crippen LogP contribution in [-0.2, 0) is 5.60 Å². The first kappa shape index (κ1) is 14.1. The van der Waals surface area contributed by atoms with E-state index >= 15 is 0 Å². The molecule has 0 aromatic heterocycles. The smallest absolute Gasteiger partial charge is 0.0992 e. The normalized spacial score (nSPS) is 13.9. The molecule has 0 aliphatic heterocycles. The quantitative estimate of drug-likeness (QED) is 0.571. The molecule has 2 nitrogen and oxygen atoms in total. The summed E-state index contributed by atoms with van der Waals surface area (Å²) in [6.45, 7) is 3.23. The molecule has 2 N–H and O–H groups in total. The van der Waals surface area contributed by atoms with Gasteiger partial charge in [-0.05, 0) is 12.5 Å². The summed E-state index contributed by atoms with van der Waals surface area (Å²) in [4.78, 5) is 0. The summed E-state index contributed by atoms with van der Waals surface area (Å²) in [6.07, 6.45) is 5.16. The lowest BCUT2D eigenvalue weighted by Gasteiger charge is -2.24. The largest absolute Gasteiger partial charge is 0.384 e. The number of nitrogens with one attached hydrogen (secondary N) is 1. The van der Waals surface area contributed by atoms with Crippen molar-refractivity contribution in [2.24, 2.45) is 0 Å². The Kier molecular flexibility index (Phi) is 6.13. The van der Waals surface area contributed by atoms with E-state index in [9.17, 15) is 5.11 Å². The maximum Gasteiger partial charge on any atom is 0.0992 e. The van der Waals surface area contributed by atoms with Crippen LogP contribution in [-0.4, -0.2) is 29.7 Å². The zero-order chi connectivity index (χ0) is 12.6. The first-order valence-corrected chi connectivity index (χ1v) is 6.82. The fourth-order valence-corrected chi connectivity index (χ4v) is 2.06. The first-order chi connectivity index (χ1) is 8.17. The van der Waals surface area contributed by atoms with Gasteiger partial charge in [0, 0.05) is 18.8 Å². The van der Waals surface area contributed by atoms with E-state index in [2.05, 4.69) is 11.2 Å². The van der Waals surface area contributed by atoms with Crippen LogP contribution in [0.3, 0.4) is 0 Å². The lowest BCUT2D eigenvalue weighted by Crippen LogP contribution is -2.36. The van der Waals surface area contributed by atoms with Crippen LogP contribution in [0.25, 0.3) is 0 Å². The van der Waals surface area contributed by atoms with E-state index in [4.69, 9.17) is 6.42 Å². The predicted molar refractivity (Wildman–Crippen MR) is 75.0 cm³/mol. The van der Waals surface area contributed by atoms with Crippen molar-refractivity contribution in [3.63, 3.8) is 0 Å². The molecule has 0 amide bonds. The van der Waals surface area contributed by atoms with E-state index in [1.54, 1.807) is 11.8 Å². The molecule has 0 aliphatic carbocycles. The van der Waals surface area contributed by atoms with Gasteiger partial charge in [0.1, 0.15) is 0 Å². The van der Waals surface area contributed by atoms with E-state index in [1.165, 1.54) is 0 Å². The number of hydrogen-bond acceptors (Lipinski definition) is 3. The van der Waals surface area contributed by atoms with Gasteiger partial charge in [-0.15, -0.1) is 18.2 Å². The van der Waals surface area contributed by atoms with E-state index in [0.29, 0.717) is 6.54 Å². The van der Waals surface area contributed by atoms with Gasteiger partial charge in [0.15, 0.2) is 0 Å². The summed E-state index contributed by atoms with van der Waals surface area (Å²) in [6, 6.07) is 9.70. The third-order valence-corrected chi connectivity index (χ3v) is 3.34. The fraction of sp³-hybridized carbons (Fsp3) is 0.429. The molecule has 0 aliphatic rings. The summed E-state index contributed by atoms with van der Waals surface area (Å²) >= 11 is 1.72. The Morgan fingerprint density at radius 2 is 2.12 bits per heavy atom. The fourth-order valence-electron chi connectivity index (χ4n) is 1.51. The Bertz CT molecular complexity index is 356. The van der Waals surface area contributed by atoms with Crippen molar-refractivity contribution >= 4 is 11.8 Å². The van der Waals surface area contributed by atoms with E-state index in [-0.39, 0.29) is 0 Å². The van der Waals surface area contributed by atoms with Crippen LogP contribution in [0.2, 0.25) is 0 Å². The first-order valence-electron chi connectivity index (χ1n) is 5.66. The molecule has 17 heavy (non-hydrogen) atoms. The van der Waals surface area contributed by atoms with Crippen LogP contribution in [0.15, 0.2) is 30.3 Å². The highest BCUT2D eigenvalue weighted by Crippen LogP contribution is 2.18. The minimum absolute atomic E-state index is 0.549. The standard InChI is InChI=1S/C14H19NOS/c1-3-10-17-11-9-15-12-14(2,16)13-7-5-4-6-8-13/h1,4-8,15-16H,9-12H2,2H3. The molecule has 0 radical (unpaired) electrons. The molecule has 1 aromatic rings. The topological polar surface area (TPSA) is 32.3 Å². The van der Waals surface area contributed by atoms with Crippen molar-refractivity contribution in [2.45, 2.75) is 12.5 Å². The van der Waals surface area contributed by atoms with Gasteiger partial charge < -0.3 is 10.4 Å². The third kappa shape index (κ3) is 5.27. The highest BCUT2D eigenvalue weighted by molar-refractivity contribution is 7.99. The lowest BCUT2D eigenvalue weighted by molar-refractivity contribution is 0.0577. The summed E-state index contributed by atoms with van der Waals surface area (Å²) in [5.41, 5.74) is 0.113. The van der Waals surface area contributed by atoms with Gasteiger partial charge in [0.25, 0.3) is 0 Å². The molecule has 92 valence electrons. The van der Waals surface area contributed by atoms with E-state index in [1.807, 2.05) is 37.3 Å². The molecule has 0 fully saturated rings. The van der Waals surface area contributed by atoms with E-state index in [0.717, 1.165) is 23.6 Å². The summed E-state index contributed by atoms with van der Waals surface area (Å²) in [5.74, 6) is 4.30. The molecule has 1 rings (SSSR count). The monoisotopic (exact) mass is 249 g/mol. The van der Waals surface area contributed by atoms with Crippen molar-refractivity contribution in [1.82, 2.24) is 5.32 Å². The second-order valence-corrected chi connectivity index (χ2v) is 5.18. The highest BCUT2D eigenvalue weighted by Gasteiger charge is 2.21. The van der Waals surface area contributed by atoms with Crippen molar-refractivity contribution in [1.29, 1.82) is 0 Å². The van der Waals surface area contributed by atoms with Gasteiger partial charge in [-0.1, -0.05) is 36.3 Å². The Balaban J connectivity index is 2.29. The lowest BCUT2D eigenvalue weighted by atomic mass is 9.96. The van der Waals surface area contributed by atoms with Gasteiger partial charge in [0.05, 0.1) is 11.4 Å². The number of aliphatic hydroxyl groups is 1. The summed E-state index contributed by atoms with van der Waals surface area (Å²) in [5, 5.41) is 13.5. The minimum Gasteiger partial charge on any atom is -0.384 e. The average molecular weight is 249 g/mol. The van der Waals surface area contributed by atoms with Crippen LogP contribution in [0.4, 0.5) is 0 Å². The van der Waals surface area contributed by atoms with Crippen LogP contribution in [0.1, 0.15) is 12.5 Å². The van der Waals surface area contributed by atoms with Crippen LogP contribution in [0, 0.1) is 12.3 Å². The van der Waals surface area contributed by atoms with Crippen molar-refractivity contribution in [3.8, 4) is 12.3 Å². The molecule has 0 saturated carbocycles. The maximum absolute atomic E-state index is 10.3. The van der Waals surface area contributed by atoms with Gasteiger partial charge in [0.2, 0.25) is 0 Å². The second kappa shape index (κ2) is 7.39. The highest BCUT2D eigenvalue weighted by atomic mass is 32.2. The van der Waals surface area contributed by atoms with Gasteiger partial charge in [-0.2, -0.15) is 0 Å². The Morgan fingerprint density at radius 3 is 2.76 bits per heavy atom. The summed E-state index contributed by atoms with van der Waals surface area (Å²) < 4.78 is 0. The van der Waals surface area contributed by atoms with Crippen LogP contribution in [0.5, 0.6) is 0 Å². The number of terminal acetylenes is 1. The maximum atomic E-state index is 10.3. The number of rotatable bonds is 7. The van der Waals surface area contributed by atoms with Crippen molar-refractivity contribution < 1.29 is 5.11 Å². The third-order valence-electron chi connectivity index (χ3n) is 2.47. The predicted octanol–water partition coefficient (Wildman–Crippen LogP) is 1.85. The molecule has 3 heteroatoms. The van der Waals surface area contributed by atoms with Gasteiger partial charge >= 0.3 is 0 Å². The number of benzene rings is 1. The molecular weight excluding hydrogens is 230 g/mol. The number of hydrogen-bond donors (Lipinski definition) is 2. The Morgan fingerprint density at radius 1 is 1.41 bits per heavy atom. The molecule has 0 saturated heterocycles. The Labute approximate surface area is 108 Å². The molecule has 0 heterocycles. The van der Waals surface area contributed by atoms with Gasteiger partial charge in [-0.25, -0.2) is 0 Å². The zero-order valence-electron chi connectivity index (χ0n) is 10.1. The molecular formula is C14H19NOS. The van der Waals surface area contributed by atoms with Crippen molar-refractivity contribution in [3.05, 3.63) is 35.9 Å². The molecule has 1 aromatic carbocycles. The molecule has 0 bridgehead atoms. The molecule has 1 unspecified atom stereocenters. The van der Waals surface area contributed by atoms with Crippen LogP contribution < -0.4 is 5.32 Å². The molecule has 0 spiro atoms. The van der Waals surface area contributed by atoms with Crippen LogP contribution >= 0.6 is 11.8 Å². The zero-order valence-corrected chi connectivity index (χ0v) is 11.0. The van der Waals surface area contributed by atoms with Gasteiger partial charge in [-0.3, -0.25) is 0 Å². The minimum atomic E-state index is -0.821. The Hall–Kier alpha value is -0.950. The summed E-state index contributed by atoms with van der Waals surface area (Å²) in [7, 11) is 0. The average Bonchev–Trinajstić information content (AvgIpc) is 2.35. The second-order valence-electron chi connectivity index (χ2n) is 4.07. The SMILES string of the molecule is C#CCSCCNCC(C)(O)c1ccccc1. The van der Waals surface area contributed by atoms with E-state index < -0.39 is 5.60 Å². The number of thioether (sulfide) groups is 1.